The van der Waals surface area contributed by atoms with Crippen molar-refractivity contribution in [2.75, 3.05) is 5.73 Å². The van der Waals surface area contributed by atoms with E-state index in [1.807, 2.05) is 12.1 Å². The van der Waals surface area contributed by atoms with Crippen molar-refractivity contribution in [3.8, 4) is 11.1 Å². The van der Waals surface area contributed by atoms with Gasteiger partial charge in [0.25, 0.3) is 0 Å². The van der Waals surface area contributed by atoms with Gasteiger partial charge in [-0.2, -0.15) is 0 Å². The smallest absolute Gasteiger partial charge is 0.0375 e. The average molecular weight is 275 g/mol. The lowest BCUT2D eigenvalue weighted by molar-refractivity contribution is 1.66. The molecule has 0 saturated carbocycles. The van der Waals surface area contributed by atoms with E-state index in [0.29, 0.717) is 0 Å². The standard InChI is InChI=1S/C18H13NS/c19-14-7-9-16-15-8-6-13(12-4-2-1-3-5-12)10-17(15)20-18(16)11-14/h1-11H,19H2. The van der Waals surface area contributed by atoms with Gasteiger partial charge in [-0.1, -0.05) is 48.5 Å². The first-order chi connectivity index (χ1) is 9.81. The Hall–Kier alpha value is -2.32. The molecule has 0 aliphatic carbocycles. The zero-order valence-corrected chi connectivity index (χ0v) is 11.7. The number of hydrogen-bond donors (Lipinski definition) is 1. The number of thiophene rings is 1. The van der Waals surface area contributed by atoms with E-state index in [9.17, 15) is 0 Å². The molecule has 0 atom stereocenters. The first kappa shape index (κ1) is 11.5. The highest BCUT2D eigenvalue weighted by Crippen LogP contribution is 2.37. The second-order valence-corrected chi connectivity index (χ2v) is 6.02. The summed E-state index contributed by atoms with van der Waals surface area (Å²) < 4.78 is 2.57. The second kappa shape index (κ2) is 4.36. The number of hydrogen-bond acceptors (Lipinski definition) is 2. The van der Waals surface area contributed by atoms with Gasteiger partial charge in [-0.3, -0.25) is 0 Å². The van der Waals surface area contributed by atoms with Crippen LogP contribution in [0, 0.1) is 0 Å². The lowest BCUT2D eigenvalue weighted by atomic mass is 10.0. The van der Waals surface area contributed by atoms with E-state index in [0.717, 1.165) is 5.69 Å². The summed E-state index contributed by atoms with van der Waals surface area (Å²) in [4.78, 5) is 0. The molecule has 4 rings (SSSR count). The van der Waals surface area contributed by atoms with Crippen molar-refractivity contribution in [1.82, 2.24) is 0 Å². The number of benzene rings is 3. The maximum atomic E-state index is 5.87. The van der Waals surface area contributed by atoms with Gasteiger partial charge in [0.15, 0.2) is 0 Å². The molecule has 4 aromatic rings. The van der Waals surface area contributed by atoms with Crippen LogP contribution in [0.1, 0.15) is 0 Å². The first-order valence-electron chi connectivity index (χ1n) is 6.58. The van der Waals surface area contributed by atoms with Crippen molar-refractivity contribution in [3.63, 3.8) is 0 Å². The average Bonchev–Trinajstić information content (AvgIpc) is 2.84. The van der Waals surface area contributed by atoms with Crippen molar-refractivity contribution >= 4 is 37.2 Å². The molecule has 2 N–H and O–H groups in total. The largest absolute Gasteiger partial charge is 0.399 e. The van der Waals surface area contributed by atoms with Crippen molar-refractivity contribution in [2.45, 2.75) is 0 Å². The van der Waals surface area contributed by atoms with E-state index in [2.05, 4.69) is 54.6 Å². The minimum absolute atomic E-state index is 0.826. The lowest BCUT2D eigenvalue weighted by Gasteiger charge is -2.01. The normalized spacial score (nSPS) is 11.2. The van der Waals surface area contributed by atoms with Gasteiger partial charge in [0.2, 0.25) is 0 Å². The SMILES string of the molecule is Nc1ccc2c(c1)sc1cc(-c3ccccc3)ccc12. The fraction of sp³-hybridized carbons (Fsp3) is 0. The molecule has 0 aliphatic heterocycles. The Bertz CT molecular complexity index is 907. The fourth-order valence-corrected chi connectivity index (χ4v) is 3.80. The first-order valence-corrected chi connectivity index (χ1v) is 7.40. The quantitative estimate of drug-likeness (QED) is 0.468. The predicted octanol–water partition coefficient (Wildman–Crippen LogP) is 5.30. The number of fused-ring (bicyclic) bond motifs is 3. The Kier molecular flexibility index (Phi) is 2.51. The maximum absolute atomic E-state index is 5.87. The van der Waals surface area contributed by atoms with Crippen LogP contribution in [-0.4, -0.2) is 0 Å². The van der Waals surface area contributed by atoms with Gasteiger partial charge in [0, 0.05) is 25.9 Å². The summed E-state index contributed by atoms with van der Waals surface area (Å²) in [5.74, 6) is 0. The van der Waals surface area contributed by atoms with Gasteiger partial charge in [-0.15, -0.1) is 11.3 Å². The van der Waals surface area contributed by atoms with E-state index in [-0.39, 0.29) is 0 Å². The Morgan fingerprint density at radius 3 is 2.15 bits per heavy atom. The molecule has 0 amide bonds. The van der Waals surface area contributed by atoms with Gasteiger partial charge in [-0.25, -0.2) is 0 Å². The van der Waals surface area contributed by atoms with Crippen LogP contribution in [0.5, 0.6) is 0 Å². The summed E-state index contributed by atoms with van der Waals surface area (Å²) in [5.41, 5.74) is 9.22. The van der Waals surface area contributed by atoms with Crippen LogP contribution in [0.25, 0.3) is 31.3 Å². The Balaban J connectivity index is 1.98. The minimum Gasteiger partial charge on any atom is -0.399 e. The van der Waals surface area contributed by atoms with E-state index in [4.69, 9.17) is 5.73 Å². The fourth-order valence-electron chi connectivity index (χ4n) is 2.60. The van der Waals surface area contributed by atoms with Gasteiger partial charge in [0.1, 0.15) is 0 Å². The molecule has 3 aromatic carbocycles. The molecule has 2 heteroatoms. The highest BCUT2D eigenvalue weighted by molar-refractivity contribution is 7.25. The summed E-state index contributed by atoms with van der Waals surface area (Å²) in [5, 5.41) is 2.60. The number of rotatable bonds is 1. The Morgan fingerprint density at radius 1 is 0.650 bits per heavy atom. The molecule has 0 fully saturated rings. The molecule has 20 heavy (non-hydrogen) atoms. The highest BCUT2D eigenvalue weighted by atomic mass is 32.1. The van der Waals surface area contributed by atoms with E-state index in [1.54, 1.807) is 11.3 Å². The van der Waals surface area contributed by atoms with Crippen LogP contribution in [0.2, 0.25) is 0 Å². The van der Waals surface area contributed by atoms with Gasteiger partial charge >= 0.3 is 0 Å². The predicted molar refractivity (Wildman–Crippen MR) is 89.2 cm³/mol. The third-order valence-electron chi connectivity index (χ3n) is 3.60. The van der Waals surface area contributed by atoms with Crippen LogP contribution in [0.15, 0.2) is 66.7 Å². The van der Waals surface area contributed by atoms with Gasteiger partial charge in [-0.05, 0) is 29.3 Å². The monoisotopic (exact) mass is 275 g/mol. The third-order valence-corrected chi connectivity index (χ3v) is 4.72. The van der Waals surface area contributed by atoms with E-state index < -0.39 is 0 Å². The number of nitrogens with two attached hydrogens (primary N) is 1. The third kappa shape index (κ3) is 1.77. The molecule has 1 nitrogen and oxygen atoms in total. The Labute approximate surface area is 121 Å². The van der Waals surface area contributed by atoms with Crippen molar-refractivity contribution < 1.29 is 0 Å². The zero-order valence-electron chi connectivity index (χ0n) is 10.8. The summed E-state index contributed by atoms with van der Waals surface area (Å²) in [6.45, 7) is 0. The molecule has 0 radical (unpaired) electrons. The topological polar surface area (TPSA) is 26.0 Å². The van der Waals surface area contributed by atoms with Crippen LogP contribution in [-0.2, 0) is 0 Å². The van der Waals surface area contributed by atoms with Gasteiger partial charge in [0.05, 0.1) is 0 Å². The molecule has 0 saturated heterocycles. The van der Waals surface area contributed by atoms with Crippen LogP contribution >= 0.6 is 11.3 Å². The summed E-state index contributed by atoms with van der Waals surface area (Å²) in [6, 6.07) is 23.3. The van der Waals surface area contributed by atoms with Crippen LogP contribution < -0.4 is 5.73 Å². The number of anilines is 1. The Morgan fingerprint density at radius 2 is 1.35 bits per heavy atom. The van der Waals surface area contributed by atoms with E-state index >= 15 is 0 Å². The molecule has 0 spiro atoms. The molecule has 0 aliphatic rings. The van der Waals surface area contributed by atoms with Crippen molar-refractivity contribution in [1.29, 1.82) is 0 Å². The molecule has 0 bridgehead atoms. The maximum Gasteiger partial charge on any atom is 0.0375 e. The molecule has 0 unspecified atom stereocenters. The van der Waals surface area contributed by atoms with Crippen molar-refractivity contribution in [2.24, 2.45) is 0 Å². The van der Waals surface area contributed by atoms with E-state index in [1.165, 1.54) is 31.3 Å². The zero-order chi connectivity index (χ0) is 13.5. The molecular weight excluding hydrogens is 262 g/mol. The summed E-state index contributed by atoms with van der Waals surface area (Å²) in [6.07, 6.45) is 0. The van der Waals surface area contributed by atoms with Gasteiger partial charge < -0.3 is 5.73 Å². The summed E-state index contributed by atoms with van der Waals surface area (Å²) in [7, 11) is 0. The van der Waals surface area contributed by atoms with Crippen LogP contribution in [0.3, 0.4) is 0 Å². The summed E-state index contributed by atoms with van der Waals surface area (Å²) >= 11 is 1.80. The highest BCUT2D eigenvalue weighted by Gasteiger charge is 2.06. The second-order valence-electron chi connectivity index (χ2n) is 4.93. The number of nitrogen functional groups attached to an aromatic ring is 1. The molecule has 1 heterocycles. The molecule has 1 aromatic heterocycles. The minimum atomic E-state index is 0.826. The lowest BCUT2D eigenvalue weighted by Crippen LogP contribution is -1.81. The van der Waals surface area contributed by atoms with Crippen LogP contribution in [0.4, 0.5) is 5.69 Å². The molecule has 96 valence electrons. The van der Waals surface area contributed by atoms with Crippen molar-refractivity contribution in [3.05, 3.63) is 66.7 Å². The molecular formula is C18H13NS.